The Hall–Kier alpha value is -6.06. The summed E-state index contributed by atoms with van der Waals surface area (Å²) in [6.07, 6.45) is 6.24. The molecule has 8 aromatic rings. The summed E-state index contributed by atoms with van der Waals surface area (Å²) in [5, 5.41) is 77.3. The van der Waals surface area contributed by atoms with Gasteiger partial charge >= 0.3 is 150 Å². The number of phenols is 2. The number of phenolic OH excluding ortho intramolecular Hbond substituents is 2. The average Bonchev–Trinajstić information content (AvgIpc) is 1.64. The fraction of sp³-hybridized carbons (Fsp3) is 0.312. The third-order valence-electron chi connectivity index (χ3n) is 15.4. The number of carbonyl (C=O) groups is 1. The van der Waals surface area contributed by atoms with Gasteiger partial charge in [-0.25, -0.2) is 0 Å². The Morgan fingerprint density at radius 1 is 0.554 bits per heavy atom. The molecule has 1 saturated heterocycles. The Balaban J connectivity index is -0.0000000979. The first-order valence-electron chi connectivity index (χ1n) is 34.1. The number of nitrogen functional groups attached to an aromatic ring is 5. The number of nitro benzene ring substituents is 4. The van der Waals surface area contributed by atoms with Gasteiger partial charge in [-0.3, -0.25) is 54.4 Å². The molecule has 44 heteroatoms. The van der Waals surface area contributed by atoms with Gasteiger partial charge in [-0.15, -0.1) is 24.3 Å². The number of nitrogens with two attached hydrogens (primary N) is 5. The van der Waals surface area contributed by atoms with Crippen molar-refractivity contribution in [3.63, 3.8) is 0 Å². The number of ether oxygens (including phenoxy) is 2. The van der Waals surface area contributed by atoms with E-state index in [1.165, 1.54) is 71.3 Å². The molecule has 121 heavy (non-hydrogen) atoms. The molecule has 0 saturated carbocycles. The maximum Gasteiger partial charge on any atom is 1.00 e. The number of nitro groups is 4. The molecule has 0 spiro atoms. The van der Waals surface area contributed by atoms with E-state index < -0.39 is 25.2 Å². The minimum atomic E-state index is -4.67. The van der Waals surface area contributed by atoms with Gasteiger partial charge in [0.25, 0.3) is 29.2 Å². The van der Waals surface area contributed by atoms with Crippen molar-refractivity contribution in [3.05, 3.63) is 275 Å². The fourth-order valence-electron chi connectivity index (χ4n) is 8.82. The van der Waals surface area contributed by atoms with E-state index in [0.717, 1.165) is 62.3 Å². The summed E-state index contributed by atoms with van der Waals surface area (Å²) in [7, 11) is -1.79. The van der Waals surface area contributed by atoms with E-state index in [-0.39, 0.29) is 240 Å². The summed E-state index contributed by atoms with van der Waals surface area (Å²) < 4.78 is 53.6. The predicted molar refractivity (Wildman–Crippen MR) is 481 cm³/mol. The van der Waals surface area contributed by atoms with Crippen LogP contribution in [0.5, 0.6) is 23.0 Å². The zero-order valence-electron chi connectivity index (χ0n) is 72.6. The molecule has 35 nitrogen and oxygen atoms in total. The molecule has 0 unspecified atom stereocenters. The van der Waals surface area contributed by atoms with Crippen LogP contribution in [-0.4, -0.2) is 96.8 Å². The number of benzene rings is 8. The van der Waals surface area contributed by atoms with Crippen molar-refractivity contribution in [2.45, 2.75) is 140 Å². The van der Waals surface area contributed by atoms with E-state index in [9.17, 15) is 40.5 Å². The van der Waals surface area contributed by atoms with Crippen LogP contribution in [0.15, 0.2) is 175 Å². The molecular weight excluding hydrogens is 1910 g/mol. The molecule has 1 aliphatic rings. The number of hydrogen-bond acceptors (Lipinski definition) is 28. The van der Waals surface area contributed by atoms with Crippen LogP contribution in [0.3, 0.4) is 0 Å². The van der Waals surface area contributed by atoms with Crippen LogP contribution in [0.4, 0.5) is 51.2 Å². The van der Waals surface area contributed by atoms with E-state index in [1.807, 2.05) is 135 Å². The van der Waals surface area contributed by atoms with Crippen LogP contribution in [-0.2, 0) is 85.0 Å². The summed E-state index contributed by atoms with van der Waals surface area (Å²) in [6, 6.07) is 41.8. The number of aromatic hydroxyl groups is 2. The standard InChI is InChI=1S/C9H11NO3.C9H13NO.C9H13N.C9H11N.C8H15BO2.C8H10N2O2.2C8H9NO3.C7H8BrN.CH3I.CH2O3.ClH.Fe.2K.HNO2.H3N.Na.H2O4S.H2O.H2.H/c1-3-7-4-5-8(13-2)6-9(7)10(11)12;1-3-7-4-5-8(11-2)6-9(7)10;2*1-3-8-5-4-7(2)6-9(8)10;1-6-9-10-7(2,3)8(4,5)11-9;1-2-6-3-4-7(9)5-8(6)10(11)12;2*1-2-6-3-4-7(10)5-8(6)9(11)12;1-5-2-3-6(8)7(9)4-5;1-2;2-1-4-3;;;;;2-1-3;;;1-5(2,3)4;;;/h4-6H,3H2,1-2H3;4-6H,3,10H2,1-2H3;4-6H,3,10H2,1-2H3;3-6H,1,10H2,2H3;6H,1H2,2-5H3;3-5H,2,9H2,1H3;2*3-5,10H,2H2,1H3;2-4H,9H2,1H3;1H3;1,3H;1H;;;;(H,2,3);1H3;;(H2,1,2,3,4);1H2;1H;/q;;;;;;;;;;;;;2*+1;;;+1;;;;-1/p-2. The van der Waals surface area contributed by atoms with Gasteiger partial charge in [-0.1, -0.05) is 125 Å². The van der Waals surface area contributed by atoms with Gasteiger partial charge in [-0.2, -0.15) is 8.42 Å². The van der Waals surface area contributed by atoms with E-state index in [2.05, 4.69) is 89.5 Å². The van der Waals surface area contributed by atoms with Crippen molar-refractivity contribution in [2.24, 2.45) is 5.34 Å². The summed E-state index contributed by atoms with van der Waals surface area (Å²) in [6.45, 7) is 32.9. The molecule has 9 rings (SSSR count). The summed E-state index contributed by atoms with van der Waals surface area (Å²) in [5.74, 6) is 2.87. The number of carbonyl (C=O) groups excluding carboxylic acids is 1. The Morgan fingerprint density at radius 3 is 1.10 bits per heavy atom. The smallest absolute Gasteiger partial charge is 1.00 e. The van der Waals surface area contributed by atoms with Crippen molar-refractivity contribution in [3.8, 4) is 23.0 Å². The van der Waals surface area contributed by atoms with Gasteiger partial charge in [0, 0.05) is 85.8 Å². The molecule has 0 bridgehead atoms. The zero-order chi connectivity index (χ0) is 88.8. The molecule has 0 radical (unpaired) electrons. The van der Waals surface area contributed by atoms with E-state index >= 15 is 0 Å². The molecule has 19 N–H and O–H groups in total. The number of hydrogen-bond donors (Lipinski definition) is 10. The Morgan fingerprint density at radius 2 is 0.826 bits per heavy atom. The number of rotatable bonds is 15. The quantitative estimate of drug-likeness (QED) is 0.00441. The second kappa shape index (κ2) is 76.4. The van der Waals surface area contributed by atoms with Gasteiger partial charge in [0.1, 0.15) is 23.0 Å². The SMILES string of the molecule is C=CB1OC(C)(C)C(C)(C)O1.C=Cc1ccc(C)cc1N.CCc1ccc(C)cc1N.CCc1ccc(N)cc1[N+](=O)[O-].CCc1ccc(O)cc1[N+](=O)[O-].CCc1ccc(O)cc1[N+](=O)[O-].CCc1ccc(OC)cc1N.CCc1ccc(OC)cc1[N+](=O)[O-].CI.Cc1ccc(Br)c(N)c1.Cl.N.O.O=CO[O-].O=N[O-].O=S(=O)(O)O.[Fe].[H-].[HH].[K+].[K+].[Na+]. The average molecular weight is 2020 g/mol. The number of nitrogens with zero attached hydrogens (tertiary/aromatic N) is 5. The zero-order valence-corrected chi connectivity index (χ0v) is 86.4. The first-order valence-corrected chi connectivity index (χ1v) is 38.4. The van der Waals surface area contributed by atoms with Gasteiger partial charge in [0.2, 0.25) is 0 Å². The van der Waals surface area contributed by atoms with E-state index in [4.69, 9.17) is 95.4 Å². The minimum absolute atomic E-state index is 0. The minimum Gasteiger partial charge on any atom is -1.00 e. The number of aryl methyl sites for hydroxylation is 9. The monoisotopic (exact) mass is 2020 g/mol. The number of methoxy groups -OCH3 is 2. The maximum absolute atomic E-state index is 10.6. The molecule has 1 heterocycles. The van der Waals surface area contributed by atoms with Crippen LogP contribution < -0.4 is 182 Å². The normalized spacial score (nSPS) is 10.4. The first-order chi connectivity index (χ1) is 53.3. The van der Waals surface area contributed by atoms with Gasteiger partial charge in [0.15, 0.2) is 0 Å². The Bertz CT molecular complexity index is 4300. The Labute approximate surface area is 857 Å². The van der Waals surface area contributed by atoms with Crippen LogP contribution in [0.2, 0.25) is 0 Å². The summed E-state index contributed by atoms with van der Waals surface area (Å²) >= 11 is 5.45. The van der Waals surface area contributed by atoms with Gasteiger partial charge in [0.05, 0.1) is 63.3 Å². The molecule has 8 aromatic carbocycles. The predicted octanol–water partition coefficient (Wildman–Crippen LogP) is 8.18. The fourth-order valence-corrected chi connectivity index (χ4v) is 9.06. The second-order valence-corrected chi connectivity index (χ2v) is 25.6. The molecule has 0 amide bonds. The molecule has 1 aliphatic heterocycles. The van der Waals surface area contributed by atoms with Crippen molar-refractivity contribution in [1.82, 2.24) is 6.15 Å². The molecule has 0 aliphatic carbocycles. The van der Waals surface area contributed by atoms with E-state index in [1.54, 1.807) is 55.6 Å². The Kier molecular flexibility index (Phi) is 87.2. The molecule has 0 aromatic heterocycles. The van der Waals surface area contributed by atoms with Crippen LogP contribution in [0.25, 0.3) is 6.08 Å². The van der Waals surface area contributed by atoms with Crippen molar-refractivity contribution in [2.75, 3.05) is 47.8 Å². The van der Waals surface area contributed by atoms with Crippen molar-refractivity contribution >= 4 is 132 Å². The molecular formula is C77H114BBrClFeIK2N11NaO24S. The first kappa shape index (κ1) is 138. The molecule has 0 atom stereocenters. The summed E-state index contributed by atoms with van der Waals surface area (Å²) in [5.41, 5.74) is 41.4. The van der Waals surface area contributed by atoms with E-state index in [0.29, 0.717) is 53.8 Å². The van der Waals surface area contributed by atoms with Crippen LogP contribution in [0, 0.1) is 71.3 Å². The topological polar surface area (TPSA) is 623 Å². The van der Waals surface area contributed by atoms with Crippen molar-refractivity contribution < 1.29 is 239 Å². The summed E-state index contributed by atoms with van der Waals surface area (Å²) in [4.78, 5) is 61.4. The largest absolute Gasteiger partial charge is 1.00 e. The van der Waals surface area contributed by atoms with Gasteiger partial charge < -0.3 is 91.0 Å². The maximum atomic E-state index is 10.6. The third kappa shape index (κ3) is 60.2. The molecule has 1 fully saturated rings. The number of alkyl halides is 1. The number of halogens is 3. The van der Waals surface area contributed by atoms with Crippen LogP contribution in [0.1, 0.15) is 128 Å². The second-order valence-electron chi connectivity index (χ2n) is 23.9. The van der Waals surface area contributed by atoms with Crippen LogP contribution >= 0.6 is 50.9 Å². The van der Waals surface area contributed by atoms with Crippen molar-refractivity contribution in [1.29, 1.82) is 0 Å². The third-order valence-corrected chi connectivity index (χ3v) is 16.1. The number of anilines is 5. The molecule has 662 valence electrons. The van der Waals surface area contributed by atoms with Gasteiger partial charge in [-0.05, 0) is 214 Å².